The third kappa shape index (κ3) is 3.80. The highest BCUT2D eigenvalue weighted by Gasteiger charge is 2.20. The summed E-state index contributed by atoms with van der Waals surface area (Å²) in [5.74, 6) is -0.312. The zero-order valence-electron chi connectivity index (χ0n) is 15.1. The van der Waals surface area contributed by atoms with Gasteiger partial charge in [-0.15, -0.1) is 0 Å². The number of likely N-dealkylation sites (N-methyl/N-ethyl adjacent to an activating group) is 1. The predicted molar refractivity (Wildman–Crippen MR) is 101 cm³/mol. The molecule has 130 valence electrons. The topological polar surface area (TPSA) is 41.9 Å². The highest BCUT2D eigenvalue weighted by molar-refractivity contribution is 6.15. The molecule has 0 atom stereocenters. The van der Waals surface area contributed by atoms with Crippen molar-refractivity contribution in [2.75, 3.05) is 34.3 Å². The first-order valence-electron chi connectivity index (χ1n) is 8.59. The van der Waals surface area contributed by atoms with Gasteiger partial charge in [-0.2, -0.15) is 0 Å². The number of methoxy groups -OCH3 is 1. The molecule has 25 heavy (non-hydrogen) atoms. The van der Waals surface area contributed by atoms with Crippen LogP contribution in [0.5, 0.6) is 0 Å². The van der Waals surface area contributed by atoms with Crippen LogP contribution >= 0.6 is 0 Å². The minimum atomic E-state index is -0.312. The van der Waals surface area contributed by atoms with Crippen LogP contribution in [-0.4, -0.2) is 50.9 Å². The predicted octanol–water partition coefficient (Wildman–Crippen LogP) is 2.97. The highest BCUT2D eigenvalue weighted by atomic mass is 16.5. The van der Waals surface area contributed by atoms with Crippen molar-refractivity contribution >= 4 is 11.7 Å². The Morgan fingerprint density at radius 1 is 1.08 bits per heavy atom. The second-order valence-electron chi connectivity index (χ2n) is 6.55. The Labute approximate surface area is 149 Å². The molecule has 0 heterocycles. The molecule has 1 aliphatic rings. The SMILES string of the molecule is COC(=O)c1ccc2c(c1)C(=NCCN(C)C)c1ccccc1CC2. The number of aryl methyl sites for hydroxylation is 2. The molecule has 0 bridgehead atoms. The lowest BCUT2D eigenvalue weighted by Crippen LogP contribution is -2.17. The Morgan fingerprint density at radius 3 is 2.52 bits per heavy atom. The van der Waals surface area contributed by atoms with Gasteiger partial charge in [-0.25, -0.2) is 4.79 Å². The third-order valence-electron chi connectivity index (χ3n) is 4.54. The molecule has 0 spiro atoms. The van der Waals surface area contributed by atoms with E-state index >= 15 is 0 Å². The fourth-order valence-corrected chi connectivity index (χ4v) is 3.18. The maximum atomic E-state index is 12.0. The summed E-state index contributed by atoms with van der Waals surface area (Å²) < 4.78 is 4.89. The monoisotopic (exact) mass is 336 g/mol. The molecule has 0 unspecified atom stereocenters. The van der Waals surface area contributed by atoms with Gasteiger partial charge in [0.1, 0.15) is 0 Å². The maximum absolute atomic E-state index is 12.0. The van der Waals surface area contributed by atoms with Crippen molar-refractivity contribution in [1.82, 2.24) is 4.90 Å². The van der Waals surface area contributed by atoms with Crippen LogP contribution in [0.3, 0.4) is 0 Å². The molecular formula is C21H24N2O2. The summed E-state index contributed by atoms with van der Waals surface area (Å²) in [6.45, 7) is 1.61. The van der Waals surface area contributed by atoms with E-state index in [0.29, 0.717) is 5.56 Å². The van der Waals surface area contributed by atoms with E-state index in [2.05, 4.69) is 29.2 Å². The molecule has 0 saturated carbocycles. The number of hydrogen-bond donors (Lipinski definition) is 0. The van der Waals surface area contributed by atoms with Crippen molar-refractivity contribution in [3.8, 4) is 0 Å². The summed E-state index contributed by atoms with van der Waals surface area (Å²) in [7, 11) is 5.50. The maximum Gasteiger partial charge on any atom is 0.337 e. The van der Waals surface area contributed by atoms with E-state index in [-0.39, 0.29) is 5.97 Å². The van der Waals surface area contributed by atoms with Crippen LogP contribution in [0.15, 0.2) is 47.5 Å². The summed E-state index contributed by atoms with van der Waals surface area (Å²) in [4.78, 5) is 19.0. The summed E-state index contributed by atoms with van der Waals surface area (Å²) in [5, 5.41) is 0. The summed E-state index contributed by atoms with van der Waals surface area (Å²) in [6, 6.07) is 14.2. The molecule has 0 radical (unpaired) electrons. The van der Waals surface area contributed by atoms with E-state index in [9.17, 15) is 4.79 Å². The Kier molecular flexibility index (Phi) is 5.29. The Morgan fingerprint density at radius 2 is 1.80 bits per heavy atom. The Balaban J connectivity index is 2.11. The standard InChI is InChI=1S/C21H24N2O2/c1-23(2)13-12-22-20-18-7-5-4-6-15(18)8-9-16-10-11-17(14-19(16)20)21(24)25-3/h4-7,10-11,14H,8-9,12-13H2,1-3H3. The number of aliphatic imine (C=N–C) groups is 1. The van der Waals surface area contributed by atoms with E-state index < -0.39 is 0 Å². The van der Waals surface area contributed by atoms with E-state index in [1.807, 2.05) is 32.3 Å². The van der Waals surface area contributed by atoms with Crippen LogP contribution < -0.4 is 0 Å². The molecule has 3 rings (SSSR count). The van der Waals surface area contributed by atoms with E-state index in [1.165, 1.54) is 23.8 Å². The number of esters is 1. The summed E-state index contributed by atoms with van der Waals surface area (Å²) in [6.07, 6.45) is 1.92. The summed E-state index contributed by atoms with van der Waals surface area (Å²) >= 11 is 0. The zero-order chi connectivity index (χ0) is 17.8. The molecular weight excluding hydrogens is 312 g/mol. The Bertz CT molecular complexity index is 809. The third-order valence-corrected chi connectivity index (χ3v) is 4.54. The molecule has 0 aromatic heterocycles. The van der Waals surface area contributed by atoms with E-state index in [0.717, 1.165) is 37.2 Å². The number of carbonyl (C=O) groups excluding carboxylic acids is 1. The smallest absolute Gasteiger partial charge is 0.337 e. The number of hydrogen-bond acceptors (Lipinski definition) is 4. The van der Waals surface area contributed by atoms with Crippen LogP contribution in [-0.2, 0) is 17.6 Å². The van der Waals surface area contributed by atoms with Crippen molar-refractivity contribution in [2.45, 2.75) is 12.8 Å². The van der Waals surface area contributed by atoms with Gasteiger partial charge in [-0.3, -0.25) is 4.99 Å². The van der Waals surface area contributed by atoms with Gasteiger partial charge in [0.25, 0.3) is 0 Å². The Hall–Kier alpha value is -2.46. The molecule has 0 N–H and O–H groups in total. The number of fused-ring (bicyclic) bond motifs is 2. The lowest BCUT2D eigenvalue weighted by Gasteiger charge is -2.13. The average molecular weight is 336 g/mol. The van der Waals surface area contributed by atoms with E-state index in [1.54, 1.807) is 0 Å². The van der Waals surface area contributed by atoms with Gasteiger partial charge >= 0.3 is 5.97 Å². The first-order valence-corrected chi connectivity index (χ1v) is 8.59. The number of benzene rings is 2. The lowest BCUT2D eigenvalue weighted by atomic mass is 9.96. The van der Waals surface area contributed by atoms with Crippen LogP contribution in [0.4, 0.5) is 0 Å². The molecule has 0 fully saturated rings. The normalized spacial score (nSPS) is 14.8. The zero-order valence-corrected chi connectivity index (χ0v) is 15.1. The number of carbonyl (C=O) groups is 1. The molecule has 2 aromatic carbocycles. The minimum Gasteiger partial charge on any atom is -0.465 e. The van der Waals surface area contributed by atoms with E-state index in [4.69, 9.17) is 9.73 Å². The highest BCUT2D eigenvalue weighted by Crippen LogP contribution is 2.26. The fourth-order valence-electron chi connectivity index (χ4n) is 3.18. The number of rotatable bonds is 4. The quantitative estimate of drug-likeness (QED) is 0.806. The van der Waals surface area contributed by atoms with Crippen LogP contribution in [0.25, 0.3) is 0 Å². The van der Waals surface area contributed by atoms with Crippen molar-refractivity contribution < 1.29 is 9.53 Å². The van der Waals surface area contributed by atoms with Crippen LogP contribution in [0.1, 0.15) is 32.6 Å². The van der Waals surface area contributed by atoms with Gasteiger partial charge in [0.15, 0.2) is 0 Å². The number of ether oxygens (including phenoxy) is 1. The van der Waals surface area contributed by atoms with Crippen LogP contribution in [0.2, 0.25) is 0 Å². The fraction of sp³-hybridized carbons (Fsp3) is 0.333. The van der Waals surface area contributed by atoms with Gasteiger partial charge in [-0.1, -0.05) is 30.3 Å². The van der Waals surface area contributed by atoms with Gasteiger partial charge < -0.3 is 9.64 Å². The molecule has 0 saturated heterocycles. The van der Waals surface area contributed by atoms with Gasteiger partial charge in [0, 0.05) is 17.7 Å². The molecule has 4 nitrogen and oxygen atoms in total. The summed E-state index contributed by atoms with van der Waals surface area (Å²) in [5.41, 5.74) is 6.31. The van der Waals surface area contributed by atoms with Gasteiger partial charge in [0.2, 0.25) is 0 Å². The second kappa shape index (κ2) is 7.62. The van der Waals surface area contributed by atoms with Crippen molar-refractivity contribution in [1.29, 1.82) is 0 Å². The van der Waals surface area contributed by atoms with Crippen molar-refractivity contribution in [3.63, 3.8) is 0 Å². The van der Waals surface area contributed by atoms with Gasteiger partial charge in [0.05, 0.1) is 24.9 Å². The van der Waals surface area contributed by atoms with Crippen molar-refractivity contribution in [2.24, 2.45) is 4.99 Å². The van der Waals surface area contributed by atoms with Crippen molar-refractivity contribution in [3.05, 3.63) is 70.3 Å². The molecule has 2 aromatic rings. The molecule has 1 aliphatic carbocycles. The minimum absolute atomic E-state index is 0.312. The first-order chi connectivity index (χ1) is 12.1. The first kappa shape index (κ1) is 17.4. The second-order valence-corrected chi connectivity index (χ2v) is 6.55. The van der Waals surface area contributed by atoms with Crippen LogP contribution in [0, 0.1) is 0 Å². The lowest BCUT2D eigenvalue weighted by molar-refractivity contribution is 0.0600. The molecule has 4 heteroatoms. The largest absolute Gasteiger partial charge is 0.465 e. The number of nitrogens with zero attached hydrogens (tertiary/aromatic N) is 2. The molecule has 0 amide bonds. The average Bonchev–Trinajstić information content (AvgIpc) is 2.78. The van der Waals surface area contributed by atoms with Gasteiger partial charge in [-0.05, 0) is 50.2 Å². The molecule has 0 aliphatic heterocycles.